The van der Waals surface area contributed by atoms with Gasteiger partial charge in [0.25, 0.3) is 0 Å². The summed E-state index contributed by atoms with van der Waals surface area (Å²) in [6.45, 7) is 6.46. The third-order valence-electron chi connectivity index (χ3n) is 4.71. The zero-order chi connectivity index (χ0) is 16.1. The molecule has 1 rings (SSSR count). The number of nitrogens with one attached hydrogen (secondary N) is 2. The van der Waals surface area contributed by atoms with Gasteiger partial charge < -0.3 is 20.1 Å². The molecule has 1 saturated carbocycles. The Hall–Kier alpha value is -0.0800. The maximum atomic E-state index is 5.45. The van der Waals surface area contributed by atoms with Crippen molar-refractivity contribution in [3.05, 3.63) is 0 Å². The van der Waals surface area contributed by atoms with Crippen molar-refractivity contribution in [2.45, 2.75) is 51.9 Å². The molecule has 0 amide bonds. The number of methoxy groups -OCH3 is 1. The number of nitrogens with zero attached hydrogens (tertiary/aromatic N) is 1. The van der Waals surface area contributed by atoms with E-state index in [1.807, 2.05) is 7.05 Å². The Morgan fingerprint density at radius 2 is 1.83 bits per heavy atom. The maximum Gasteiger partial charge on any atom is 0.190 e. The van der Waals surface area contributed by atoms with Crippen LogP contribution in [-0.4, -0.2) is 53.0 Å². The molecule has 0 saturated heterocycles. The molecule has 138 valence electrons. The van der Waals surface area contributed by atoms with Crippen LogP contribution in [-0.2, 0) is 9.47 Å². The minimum Gasteiger partial charge on any atom is -0.382 e. The molecule has 1 fully saturated rings. The van der Waals surface area contributed by atoms with Crippen LogP contribution in [0.2, 0.25) is 0 Å². The van der Waals surface area contributed by atoms with Gasteiger partial charge in [-0.15, -0.1) is 24.0 Å². The standard InChI is InChI=1S/C17H35N3O2.HI/c1-4-17(9-5-6-10-17)15-20-16(18-2)19-11-7-8-12-22-14-13-21-3;/h4-15H2,1-3H3,(H2,18,19,20);1H. The van der Waals surface area contributed by atoms with E-state index in [9.17, 15) is 0 Å². The van der Waals surface area contributed by atoms with Gasteiger partial charge in [0.15, 0.2) is 5.96 Å². The molecular formula is C17H36IN3O2. The van der Waals surface area contributed by atoms with E-state index in [-0.39, 0.29) is 24.0 Å². The molecule has 0 aromatic heterocycles. The quantitative estimate of drug-likeness (QED) is 0.224. The second-order valence-electron chi connectivity index (χ2n) is 6.23. The van der Waals surface area contributed by atoms with Crippen LogP contribution in [0.5, 0.6) is 0 Å². The molecule has 2 N–H and O–H groups in total. The Labute approximate surface area is 159 Å². The van der Waals surface area contributed by atoms with Crippen LogP contribution >= 0.6 is 24.0 Å². The van der Waals surface area contributed by atoms with Gasteiger partial charge in [-0.2, -0.15) is 0 Å². The Morgan fingerprint density at radius 3 is 2.43 bits per heavy atom. The molecule has 1 aliphatic carbocycles. The van der Waals surface area contributed by atoms with Crippen LogP contribution in [0.1, 0.15) is 51.9 Å². The predicted molar refractivity (Wildman–Crippen MR) is 108 cm³/mol. The first-order chi connectivity index (χ1) is 10.8. The zero-order valence-electron chi connectivity index (χ0n) is 15.2. The predicted octanol–water partition coefficient (Wildman–Crippen LogP) is 3.18. The molecule has 0 aromatic carbocycles. The number of hydrogen-bond donors (Lipinski definition) is 2. The van der Waals surface area contributed by atoms with Crippen LogP contribution in [0.15, 0.2) is 4.99 Å². The first-order valence-electron chi connectivity index (χ1n) is 8.77. The molecule has 0 spiro atoms. The normalized spacial score (nSPS) is 16.9. The molecule has 0 heterocycles. The van der Waals surface area contributed by atoms with Gasteiger partial charge in [0.1, 0.15) is 0 Å². The SMILES string of the molecule is CCC1(CNC(=NC)NCCCCOCCOC)CCCC1.I. The maximum absolute atomic E-state index is 5.45. The van der Waals surface area contributed by atoms with Gasteiger partial charge in [-0.25, -0.2) is 0 Å². The van der Waals surface area contributed by atoms with E-state index in [0.29, 0.717) is 18.6 Å². The minimum atomic E-state index is 0. The summed E-state index contributed by atoms with van der Waals surface area (Å²) >= 11 is 0. The lowest BCUT2D eigenvalue weighted by Gasteiger charge is -2.28. The van der Waals surface area contributed by atoms with Crippen molar-refractivity contribution < 1.29 is 9.47 Å². The highest BCUT2D eigenvalue weighted by atomic mass is 127. The second kappa shape index (κ2) is 14.3. The van der Waals surface area contributed by atoms with E-state index >= 15 is 0 Å². The molecule has 0 aliphatic heterocycles. The molecular weight excluding hydrogens is 405 g/mol. The smallest absolute Gasteiger partial charge is 0.190 e. The fourth-order valence-electron chi connectivity index (χ4n) is 3.05. The first-order valence-corrected chi connectivity index (χ1v) is 8.77. The molecule has 0 unspecified atom stereocenters. The average molecular weight is 441 g/mol. The van der Waals surface area contributed by atoms with Crippen molar-refractivity contribution in [1.29, 1.82) is 0 Å². The molecule has 0 radical (unpaired) electrons. The monoisotopic (exact) mass is 441 g/mol. The largest absolute Gasteiger partial charge is 0.382 e. The number of aliphatic imine (C=N–C) groups is 1. The summed E-state index contributed by atoms with van der Waals surface area (Å²) in [6, 6.07) is 0. The summed E-state index contributed by atoms with van der Waals surface area (Å²) < 4.78 is 10.4. The van der Waals surface area contributed by atoms with Gasteiger partial charge in [-0.3, -0.25) is 4.99 Å². The van der Waals surface area contributed by atoms with Crippen molar-refractivity contribution in [2.75, 3.05) is 47.1 Å². The van der Waals surface area contributed by atoms with Gasteiger partial charge >= 0.3 is 0 Å². The lowest BCUT2D eigenvalue weighted by molar-refractivity contribution is 0.0689. The molecule has 0 aromatic rings. The van der Waals surface area contributed by atoms with Crippen molar-refractivity contribution in [3.8, 4) is 0 Å². The van der Waals surface area contributed by atoms with Gasteiger partial charge in [-0.1, -0.05) is 19.8 Å². The van der Waals surface area contributed by atoms with Gasteiger partial charge in [-0.05, 0) is 37.5 Å². The molecule has 0 bridgehead atoms. The topological polar surface area (TPSA) is 54.9 Å². The lowest BCUT2D eigenvalue weighted by atomic mass is 9.83. The molecule has 1 aliphatic rings. The van der Waals surface area contributed by atoms with Crippen LogP contribution < -0.4 is 10.6 Å². The summed E-state index contributed by atoms with van der Waals surface area (Å²) in [4.78, 5) is 4.32. The summed E-state index contributed by atoms with van der Waals surface area (Å²) in [7, 11) is 3.54. The highest BCUT2D eigenvalue weighted by Crippen LogP contribution is 2.40. The van der Waals surface area contributed by atoms with E-state index in [2.05, 4.69) is 22.5 Å². The molecule has 5 nitrogen and oxygen atoms in total. The van der Waals surface area contributed by atoms with E-state index in [1.165, 1.54) is 32.1 Å². The number of halogens is 1. The third-order valence-corrected chi connectivity index (χ3v) is 4.71. The third kappa shape index (κ3) is 9.72. The Balaban J connectivity index is 0.00000484. The zero-order valence-corrected chi connectivity index (χ0v) is 17.5. The Morgan fingerprint density at radius 1 is 1.09 bits per heavy atom. The molecule has 23 heavy (non-hydrogen) atoms. The van der Waals surface area contributed by atoms with Crippen molar-refractivity contribution in [2.24, 2.45) is 10.4 Å². The Bertz CT molecular complexity index is 308. The van der Waals surface area contributed by atoms with E-state index in [0.717, 1.165) is 38.5 Å². The minimum absolute atomic E-state index is 0. The van der Waals surface area contributed by atoms with Crippen LogP contribution in [0.4, 0.5) is 0 Å². The van der Waals surface area contributed by atoms with Crippen LogP contribution in [0.25, 0.3) is 0 Å². The van der Waals surface area contributed by atoms with E-state index in [1.54, 1.807) is 7.11 Å². The van der Waals surface area contributed by atoms with Crippen molar-refractivity contribution >= 4 is 29.9 Å². The number of ether oxygens (including phenoxy) is 2. The fourth-order valence-corrected chi connectivity index (χ4v) is 3.05. The number of hydrogen-bond acceptors (Lipinski definition) is 3. The molecule has 0 atom stereocenters. The van der Waals surface area contributed by atoms with Gasteiger partial charge in [0.05, 0.1) is 13.2 Å². The summed E-state index contributed by atoms with van der Waals surface area (Å²) in [5, 5.41) is 6.91. The average Bonchev–Trinajstić information content (AvgIpc) is 3.02. The van der Waals surface area contributed by atoms with E-state index < -0.39 is 0 Å². The fraction of sp³-hybridized carbons (Fsp3) is 0.941. The number of guanidine groups is 1. The van der Waals surface area contributed by atoms with Gasteiger partial charge in [0.2, 0.25) is 0 Å². The summed E-state index contributed by atoms with van der Waals surface area (Å²) in [5.74, 6) is 0.931. The highest BCUT2D eigenvalue weighted by molar-refractivity contribution is 14.0. The van der Waals surface area contributed by atoms with E-state index in [4.69, 9.17) is 9.47 Å². The van der Waals surface area contributed by atoms with Crippen molar-refractivity contribution in [1.82, 2.24) is 10.6 Å². The highest BCUT2D eigenvalue weighted by Gasteiger charge is 2.31. The first kappa shape index (κ1) is 22.9. The summed E-state index contributed by atoms with van der Waals surface area (Å²) in [6.07, 6.45) is 8.88. The van der Waals surface area contributed by atoms with Crippen molar-refractivity contribution in [3.63, 3.8) is 0 Å². The second-order valence-corrected chi connectivity index (χ2v) is 6.23. The number of rotatable bonds is 11. The van der Waals surface area contributed by atoms with Crippen LogP contribution in [0.3, 0.4) is 0 Å². The summed E-state index contributed by atoms with van der Waals surface area (Å²) in [5.41, 5.74) is 0.493. The lowest BCUT2D eigenvalue weighted by Crippen LogP contribution is -2.43. The van der Waals surface area contributed by atoms with Gasteiger partial charge in [0, 0.05) is 33.9 Å². The molecule has 6 heteroatoms. The van der Waals surface area contributed by atoms with Crippen LogP contribution in [0, 0.1) is 5.41 Å². The Kier molecular flexibility index (Phi) is 14.2. The number of unbranched alkanes of at least 4 members (excludes halogenated alkanes) is 1.